The fraction of sp³-hybridized carbons (Fsp3) is 0. The molecule has 0 saturated heterocycles. The first kappa shape index (κ1) is 29.4. The van der Waals surface area contributed by atoms with Crippen molar-refractivity contribution in [1.29, 1.82) is 0 Å². The van der Waals surface area contributed by atoms with Crippen molar-refractivity contribution < 1.29 is 8.83 Å². The summed E-state index contributed by atoms with van der Waals surface area (Å²) in [6.07, 6.45) is 0. The highest BCUT2D eigenvalue weighted by molar-refractivity contribution is 6.29. The summed E-state index contributed by atoms with van der Waals surface area (Å²) in [4.78, 5) is 0. The minimum atomic E-state index is 0.864. The number of fused-ring (bicyclic) bond motifs is 12. The van der Waals surface area contributed by atoms with Gasteiger partial charge in [-0.3, -0.25) is 0 Å². The number of hydrogen-bond donors (Lipinski definition) is 0. The third-order valence-electron chi connectivity index (χ3n) is 11.5. The van der Waals surface area contributed by atoms with Gasteiger partial charge in [0.05, 0.1) is 0 Å². The molecule has 0 radical (unpaired) electrons. The second-order valence-electron chi connectivity index (χ2n) is 14.3. The van der Waals surface area contributed by atoms with E-state index in [2.05, 4.69) is 170 Å². The first-order valence-corrected chi connectivity index (χ1v) is 18.5. The molecule has 0 saturated carbocycles. The highest BCUT2D eigenvalue weighted by atomic mass is 16.3. The third kappa shape index (κ3) is 4.11. The molecule has 12 aromatic rings. The Bertz CT molecular complexity index is 3430. The molecule has 2 heteroatoms. The van der Waals surface area contributed by atoms with E-state index < -0.39 is 0 Å². The standard InChI is InChI=1S/C52H30O2/c1-2-13-32(14-3-1)48-38-18-8-10-20-40(38)49(41-21-11-9-19-39(41)48)42-26-25-34(36-16-6-7-17-37(36)42)33-23-27-45-44(30-33)51-46(53-45)28-29-47-50(51)43-24-22-31-12-4-5-15-35(31)52(43)54-47/h1-30H. The van der Waals surface area contributed by atoms with Crippen LogP contribution >= 0.6 is 0 Å². The van der Waals surface area contributed by atoms with Crippen LogP contribution in [0, 0.1) is 0 Å². The summed E-state index contributed by atoms with van der Waals surface area (Å²) in [6.45, 7) is 0. The van der Waals surface area contributed by atoms with Gasteiger partial charge >= 0.3 is 0 Å². The summed E-state index contributed by atoms with van der Waals surface area (Å²) in [5, 5.41) is 14.1. The zero-order chi connectivity index (χ0) is 35.3. The fourth-order valence-corrected chi connectivity index (χ4v) is 9.13. The Kier molecular flexibility index (Phi) is 6.09. The van der Waals surface area contributed by atoms with Crippen LogP contribution in [0.3, 0.4) is 0 Å². The maximum Gasteiger partial charge on any atom is 0.143 e. The van der Waals surface area contributed by atoms with Crippen molar-refractivity contribution in [2.45, 2.75) is 0 Å². The lowest BCUT2D eigenvalue weighted by atomic mass is 9.84. The smallest absolute Gasteiger partial charge is 0.143 e. The Labute approximate surface area is 310 Å². The molecule has 0 amide bonds. The van der Waals surface area contributed by atoms with Crippen LogP contribution < -0.4 is 0 Å². The fourth-order valence-electron chi connectivity index (χ4n) is 9.13. The maximum atomic E-state index is 6.57. The van der Waals surface area contributed by atoms with Gasteiger partial charge in [-0.15, -0.1) is 0 Å². The molecule has 2 heterocycles. The van der Waals surface area contributed by atoms with Crippen molar-refractivity contribution in [3.63, 3.8) is 0 Å². The molecule has 0 aliphatic heterocycles. The first-order chi connectivity index (χ1) is 26.8. The molecule has 0 spiro atoms. The van der Waals surface area contributed by atoms with Gasteiger partial charge in [0.2, 0.25) is 0 Å². The lowest BCUT2D eigenvalue weighted by molar-refractivity contribution is 0.664. The van der Waals surface area contributed by atoms with Crippen LogP contribution in [-0.2, 0) is 0 Å². The first-order valence-electron chi connectivity index (χ1n) is 18.5. The molecule has 250 valence electrons. The molecule has 0 bridgehead atoms. The molecule has 2 aromatic heterocycles. The molecular weight excluding hydrogens is 657 g/mol. The van der Waals surface area contributed by atoms with E-state index >= 15 is 0 Å². The van der Waals surface area contributed by atoms with Gasteiger partial charge in [0, 0.05) is 26.9 Å². The average molecular weight is 687 g/mol. The predicted molar refractivity (Wildman–Crippen MR) is 227 cm³/mol. The summed E-state index contributed by atoms with van der Waals surface area (Å²) >= 11 is 0. The van der Waals surface area contributed by atoms with Gasteiger partial charge in [-0.1, -0.05) is 152 Å². The summed E-state index contributed by atoms with van der Waals surface area (Å²) in [6, 6.07) is 65.6. The van der Waals surface area contributed by atoms with Crippen molar-refractivity contribution in [1.82, 2.24) is 0 Å². The van der Waals surface area contributed by atoms with Crippen LogP contribution in [0.2, 0.25) is 0 Å². The number of rotatable bonds is 3. The van der Waals surface area contributed by atoms with Crippen molar-refractivity contribution >= 4 is 87.0 Å². The Hall–Kier alpha value is -7.16. The van der Waals surface area contributed by atoms with E-state index in [-0.39, 0.29) is 0 Å². The molecule has 0 aliphatic rings. The van der Waals surface area contributed by atoms with E-state index in [4.69, 9.17) is 8.83 Å². The number of benzene rings is 10. The van der Waals surface area contributed by atoms with Crippen molar-refractivity contribution in [3.8, 4) is 33.4 Å². The molecule has 0 aliphatic carbocycles. The molecule has 10 aromatic carbocycles. The van der Waals surface area contributed by atoms with E-state index in [0.717, 1.165) is 54.8 Å². The van der Waals surface area contributed by atoms with Crippen LogP contribution in [0.25, 0.3) is 120 Å². The summed E-state index contributed by atoms with van der Waals surface area (Å²) < 4.78 is 13.1. The van der Waals surface area contributed by atoms with Crippen LogP contribution in [0.15, 0.2) is 191 Å². The van der Waals surface area contributed by atoms with Gasteiger partial charge < -0.3 is 8.83 Å². The Morgan fingerprint density at radius 1 is 0.278 bits per heavy atom. The minimum absolute atomic E-state index is 0.864. The normalized spacial score (nSPS) is 12.1. The van der Waals surface area contributed by atoms with E-state index in [1.165, 1.54) is 65.5 Å². The lowest BCUT2D eigenvalue weighted by Crippen LogP contribution is -1.92. The van der Waals surface area contributed by atoms with Crippen LogP contribution in [0.5, 0.6) is 0 Å². The molecular formula is C52H30O2. The highest BCUT2D eigenvalue weighted by Gasteiger charge is 2.21. The van der Waals surface area contributed by atoms with Gasteiger partial charge in [0.25, 0.3) is 0 Å². The lowest BCUT2D eigenvalue weighted by Gasteiger charge is -2.19. The Balaban J connectivity index is 1.11. The van der Waals surface area contributed by atoms with Crippen LogP contribution in [0.1, 0.15) is 0 Å². The second-order valence-corrected chi connectivity index (χ2v) is 14.3. The van der Waals surface area contributed by atoms with Gasteiger partial charge in [0.1, 0.15) is 22.3 Å². The van der Waals surface area contributed by atoms with Crippen molar-refractivity contribution in [2.24, 2.45) is 0 Å². The maximum absolute atomic E-state index is 6.57. The van der Waals surface area contributed by atoms with E-state index in [1.54, 1.807) is 0 Å². The van der Waals surface area contributed by atoms with Gasteiger partial charge in [-0.2, -0.15) is 0 Å². The van der Waals surface area contributed by atoms with Crippen molar-refractivity contribution in [2.75, 3.05) is 0 Å². The Morgan fingerprint density at radius 2 is 0.815 bits per heavy atom. The Morgan fingerprint density at radius 3 is 1.54 bits per heavy atom. The largest absolute Gasteiger partial charge is 0.456 e. The summed E-state index contributed by atoms with van der Waals surface area (Å²) in [5.74, 6) is 0. The van der Waals surface area contributed by atoms with Gasteiger partial charge in [-0.05, 0) is 101 Å². The zero-order valence-electron chi connectivity index (χ0n) is 29.1. The SMILES string of the molecule is c1ccc(-c2c3ccccc3c(-c3ccc(-c4ccc5oc6ccc7oc8c9ccccc9ccc8c7c6c5c4)c4ccccc34)c3ccccc23)cc1. The van der Waals surface area contributed by atoms with E-state index in [9.17, 15) is 0 Å². The quantitative estimate of drug-likeness (QED) is 0.173. The monoisotopic (exact) mass is 686 g/mol. The number of hydrogen-bond acceptors (Lipinski definition) is 2. The molecule has 0 atom stereocenters. The number of furan rings is 2. The molecule has 0 unspecified atom stereocenters. The molecule has 0 fully saturated rings. The summed E-state index contributed by atoms with van der Waals surface area (Å²) in [5.41, 5.74) is 10.9. The van der Waals surface area contributed by atoms with Gasteiger partial charge in [0.15, 0.2) is 0 Å². The second kappa shape index (κ2) is 11.2. The molecule has 2 nitrogen and oxygen atoms in total. The summed E-state index contributed by atoms with van der Waals surface area (Å²) in [7, 11) is 0. The molecule has 0 N–H and O–H groups in total. The predicted octanol–water partition coefficient (Wildman–Crippen LogP) is 15.1. The average Bonchev–Trinajstić information content (AvgIpc) is 3.81. The molecule has 54 heavy (non-hydrogen) atoms. The van der Waals surface area contributed by atoms with Crippen LogP contribution in [-0.4, -0.2) is 0 Å². The highest BCUT2D eigenvalue weighted by Crippen LogP contribution is 2.47. The zero-order valence-corrected chi connectivity index (χ0v) is 29.1. The van der Waals surface area contributed by atoms with E-state index in [0.29, 0.717) is 0 Å². The van der Waals surface area contributed by atoms with Crippen molar-refractivity contribution in [3.05, 3.63) is 182 Å². The van der Waals surface area contributed by atoms with Gasteiger partial charge in [-0.25, -0.2) is 0 Å². The third-order valence-corrected chi connectivity index (χ3v) is 11.5. The minimum Gasteiger partial charge on any atom is -0.456 e. The molecule has 12 rings (SSSR count). The van der Waals surface area contributed by atoms with E-state index in [1.807, 2.05) is 12.1 Å². The van der Waals surface area contributed by atoms with Crippen LogP contribution in [0.4, 0.5) is 0 Å². The topological polar surface area (TPSA) is 26.3 Å².